The SMILES string of the molecule is CC#N.CC#N.F[B-](F)(F)F.F[B-](F)(F)F.[Pd+2].c1ccc(P(CCCP(c2ccccc2)c2ccccc2)c2ccccc2)cc1. The first kappa shape index (κ1) is 45.1. The molecule has 0 radical (unpaired) electrons. The molecular formula is C31H32B2F8N2P2Pd. The van der Waals surface area contributed by atoms with Crippen molar-refractivity contribution in [2.24, 2.45) is 0 Å². The van der Waals surface area contributed by atoms with Crippen LogP contribution in [0.15, 0.2) is 121 Å². The van der Waals surface area contributed by atoms with Crippen LogP contribution in [-0.4, -0.2) is 26.8 Å². The number of halogens is 8. The summed E-state index contributed by atoms with van der Waals surface area (Å²) in [5, 5.41) is 20.6. The van der Waals surface area contributed by atoms with Gasteiger partial charge in [-0.2, -0.15) is 10.5 Å². The van der Waals surface area contributed by atoms with Gasteiger partial charge in [0.2, 0.25) is 0 Å². The predicted molar refractivity (Wildman–Crippen MR) is 175 cm³/mol. The standard InChI is InChI=1S/C27H26P2.2C2H3N.2BF4.Pd/c1-5-14-24(15-6-1)28(25-16-7-2-8-17-25)22-13-23-29(26-18-9-3-10-19-26)27-20-11-4-12-21-27;2*1-2-3;2*2-1(3,4)5;/h1-12,14-21H,13,22-23H2;2*1H3;;;/q;;;2*-1;+2. The molecule has 0 spiro atoms. The third kappa shape index (κ3) is 25.2. The number of hydrogen-bond donors (Lipinski definition) is 0. The number of benzene rings is 4. The summed E-state index contributed by atoms with van der Waals surface area (Å²) in [4.78, 5) is 0. The van der Waals surface area contributed by atoms with E-state index in [1.807, 2.05) is 0 Å². The molecule has 0 saturated carbocycles. The summed E-state index contributed by atoms with van der Waals surface area (Å²) < 4.78 is 78.0. The summed E-state index contributed by atoms with van der Waals surface area (Å²) in [7, 11) is -12.6. The zero-order valence-electron chi connectivity index (χ0n) is 25.0. The van der Waals surface area contributed by atoms with Crippen molar-refractivity contribution >= 4 is 51.6 Å². The minimum atomic E-state index is -6.00. The van der Waals surface area contributed by atoms with Crippen LogP contribution >= 0.6 is 15.8 Å². The van der Waals surface area contributed by atoms with Gasteiger partial charge < -0.3 is 34.5 Å². The Labute approximate surface area is 282 Å². The van der Waals surface area contributed by atoms with Crippen molar-refractivity contribution in [1.29, 1.82) is 10.5 Å². The summed E-state index contributed by atoms with van der Waals surface area (Å²) >= 11 is 0. The largest absolute Gasteiger partial charge is 2.00 e. The van der Waals surface area contributed by atoms with Crippen molar-refractivity contribution in [2.45, 2.75) is 20.3 Å². The molecule has 248 valence electrons. The average molecular weight is 775 g/mol. The Hall–Kier alpha value is -3.05. The van der Waals surface area contributed by atoms with E-state index < -0.39 is 14.5 Å². The van der Waals surface area contributed by atoms with Crippen LogP contribution in [0, 0.1) is 22.7 Å². The van der Waals surface area contributed by atoms with E-state index in [0.717, 1.165) is 0 Å². The molecule has 15 heteroatoms. The fraction of sp³-hybridized carbons (Fsp3) is 0.161. The van der Waals surface area contributed by atoms with Gasteiger partial charge in [-0.25, -0.2) is 0 Å². The second kappa shape index (κ2) is 26.1. The number of nitriles is 2. The monoisotopic (exact) mass is 774 g/mol. The van der Waals surface area contributed by atoms with E-state index in [1.54, 1.807) is 12.1 Å². The Morgan fingerprint density at radius 3 is 0.761 bits per heavy atom. The summed E-state index contributed by atoms with van der Waals surface area (Å²) in [6.45, 7) is 2.86. The molecular weight excluding hydrogens is 742 g/mol. The van der Waals surface area contributed by atoms with E-state index in [0.29, 0.717) is 0 Å². The van der Waals surface area contributed by atoms with Gasteiger partial charge in [0.25, 0.3) is 0 Å². The summed E-state index contributed by atoms with van der Waals surface area (Å²) in [6, 6.07) is 47.8. The van der Waals surface area contributed by atoms with Crippen molar-refractivity contribution in [2.75, 3.05) is 12.3 Å². The fourth-order valence-corrected chi connectivity index (χ4v) is 8.59. The average Bonchev–Trinajstić information content (AvgIpc) is 2.98. The van der Waals surface area contributed by atoms with Gasteiger partial charge in [0.05, 0.1) is 12.1 Å². The smallest absolute Gasteiger partial charge is 0.418 e. The molecule has 0 unspecified atom stereocenters. The summed E-state index contributed by atoms with van der Waals surface area (Å²) in [6.07, 6.45) is 3.72. The fourth-order valence-electron chi connectivity index (χ4n) is 3.63. The Bertz CT molecular complexity index is 1180. The predicted octanol–water partition coefficient (Wildman–Crippen LogP) is 9.30. The van der Waals surface area contributed by atoms with Crippen LogP contribution in [0.2, 0.25) is 0 Å². The van der Waals surface area contributed by atoms with E-state index in [2.05, 4.69) is 121 Å². The molecule has 4 aromatic rings. The van der Waals surface area contributed by atoms with E-state index in [-0.39, 0.29) is 36.3 Å². The van der Waals surface area contributed by atoms with Crippen LogP contribution in [0.1, 0.15) is 20.3 Å². The second-order valence-corrected chi connectivity index (χ2v) is 13.1. The summed E-state index contributed by atoms with van der Waals surface area (Å²) in [5.74, 6) is 0. The molecule has 0 amide bonds. The molecule has 0 heterocycles. The van der Waals surface area contributed by atoms with E-state index in [1.165, 1.54) is 53.8 Å². The van der Waals surface area contributed by atoms with E-state index in [9.17, 15) is 34.5 Å². The molecule has 0 aromatic heterocycles. The Morgan fingerprint density at radius 2 is 0.609 bits per heavy atom. The minimum absolute atomic E-state index is 0. The first-order valence-electron chi connectivity index (χ1n) is 13.4. The third-order valence-electron chi connectivity index (χ3n) is 5.03. The molecule has 46 heavy (non-hydrogen) atoms. The zero-order chi connectivity index (χ0) is 34.1. The second-order valence-electron chi connectivity index (χ2n) is 8.44. The van der Waals surface area contributed by atoms with Crippen LogP contribution in [0.5, 0.6) is 0 Å². The van der Waals surface area contributed by atoms with Crippen molar-refractivity contribution in [3.63, 3.8) is 0 Å². The molecule has 0 bridgehead atoms. The number of rotatable bonds is 8. The quantitative estimate of drug-likeness (QED) is 0.102. The first-order valence-corrected chi connectivity index (χ1v) is 16.4. The van der Waals surface area contributed by atoms with E-state index in [4.69, 9.17) is 10.5 Å². The van der Waals surface area contributed by atoms with Gasteiger partial charge in [-0.3, -0.25) is 0 Å². The maximum absolute atomic E-state index is 9.75. The Kier molecular flexibility index (Phi) is 25.5. The molecule has 0 aliphatic heterocycles. The minimum Gasteiger partial charge on any atom is -0.418 e. The number of nitrogens with zero attached hydrogens (tertiary/aromatic N) is 2. The normalized spacial score (nSPS) is 9.96. The van der Waals surface area contributed by atoms with Gasteiger partial charge in [-0.15, -0.1) is 0 Å². The van der Waals surface area contributed by atoms with Crippen molar-refractivity contribution in [1.82, 2.24) is 0 Å². The molecule has 0 aliphatic carbocycles. The molecule has 4 aromatic carbocycles. The maximum Gasteiger partial charge on any atom is 2.00 e. The van der Waals surface area contributed by atoms with Gasteiger partial charge in [-0.05, 0) is 55.8 Å². The molecule has 0 saturated heterocycles. The van der Waals surface area contributed by atoms with Crippen molar-refractivity contribution in [3.8, 4) is 12.1 Å². The molecule has 0 atom stereocenters. The van der Waals surface area contributed by atoms with Crippen molar-refractivity contribution < 1.29 is 54.9 Å². The zero-order valence-corrected chi connectivity index (χ0v) is 28.3. The molecule has 0 fully saturated rings. The third-order valence-corrected chi connectivity index (χ3v) is 10.2. The van der Waals surface area contributed by atoms with Gasteiger partial charge in [-0.1, -0.05) is 121 Å². The molecule has 0 N–H and O–H groups in total. The van der Waals surface area contributed by atoms with Crippen molar-refractivity contribution in [3.05, 3.63) is 121 Å². The van der Waals surface area contributed by atoms with Crippen LogP contribution in [-0.2, 0) is 20.4 Å². The first-order chi connectivity index (χ1) is 21.2. The van der Waals surface area contributed by atoms with E-state index >= 15 is 0 Å². The molecule has 0 aliphatic rings. The Morgan fingerprint density at radius 1 is 0.457 bits per heavy atom. The van der Waals surface area contributed by atoms with Crippen LogP contribution in [0.25, 0.3) is 0 Å². The van der Waals surface area contributed by atoms with Gasteiger partial charge in [0.15, 0.2) is 0 Å². The van der Waals surface area contributed by atoms with Crippen LogP contribution in [0.3, 0.4) is 0 Å². The Balaban J connectivity index is 0. The van der Waals surface area contributed by atoms with Gasteiger partial charge in [0, 0.05) is 13.8 Å². The maximum atomic E-state index is 9.75. The van der Waals surface area contributed by atoms with Crippen LogP contribution in [0.4, 0.5) is 34.5 Å². The molecule has 2 nitrogen and oxygen atoms in total. The summed E-state index contributed by atoms with van der Waals surface area (Å²) in [5.41, 5.74) is 0. The number of hydrogen-bond acceptors (Lipinski definition) is 2. The van der Waals surface area contributed by atoms with Gasteiger partial charge >= 0.3 is 34.9 Å². The topological polar surface area (TPSA) is 47.6 Å². The van der Waals surface area contributed by atoms with Crippen LogP contribution < -0.4 is 21.2 Å². The van der Waals surface area contributed by atoms with Gasteiger partial charge in [0.1, 0.15) is 0 Å². The molecule has 4 rings (SSSR count).